The molecule has 0 saturated carbocycles. The van der Waals surface area contributed by atoms with Crippen molar-refractivity contribution in [3.05, 3.63) is 72.3 Å². The molecule has 0 saturated heterocycles. The predicted octanol–water partition coefficient (Wildman–Crippen LogP) is 4.62. The Morgan fingerprint density at radius 1 is 1.37 bits per heavy atom. The SMILES string of the molecule is C=CC(=N/C=C\CC)S/C=C/C(=O)c1ccccc1. The topological polar surface area (TPSA) is 29.4 Å². The maximum atomic E-state index is 11.8. The lowest BCUT2D eigenvalue weighted by Gasteiger charge is -1.95. The van der Waals surface area contributed by atoms with Crippen LogP contribution in [0, 0.1) is 0 Å². The zero-order chi connectivity index (χ0) is 13.9. The van der Waals surface area contributed by atoms with Crippen LogP contribution in [-0.2, 0) is 0 Å². The molecule has 0 aliphatic heterocycles. The molecule has 0 N–H and O–H groups in total. The summed E-state index contributed by atoms with van der Waals surface area (Å²) in [5, 5.41) is 2.50. The van der Waals surface area contributed by atoms with Gasteiger partial charge in [-0.15, -0.1) is 0 Å². The molecule has 0 bridgehead atoms. The number of hydrogen-bond acceptors (Lipinski definition) is 3. The van der Waals surface area contributed by atoms with Gasteiger partial charge < -0.3 is 0 Å². The Balaban J connectivity index is 2.57. The van der Waals surface area contributed by atoms with Crippen molar-refractivity contribution >= 4 is 22.6 Å². The van der Waals surface area contributed by atoms with E-state index in [1.807, 2.05) is 31.2 Å². The standard InChI is InChI=1S/C16H17NOS/c1-3-5-12-17-16(4-2)19-13-11-15(18)14-9-7-6-8-10-14/h4-13H,2-3H2,1H3/b12-5-,13-11+,17-16?. The monoisotopic (exact) mass is 271 g/mol. The summed E-state index contributed by atoms with van der Waals surface area (Å²) in [6, 6.07) is 9.17. The van der Waals surface area contributed by atoms with Gasteiger partial charge in [-0.2, -0.15) is 0 Å². The summed E-state index contributed by atoms with van der Waals surface area (Å²) in [6.45, 7) is 5.74. The molecule has 0 amide bonds. The third-order valence-corrected chi connectivity index (χ3v) is 2.97. The molecule has 1 aromatic carbocycles. The minimum Gasteiger partial charge on any atom is -0.289 e. The Morgan fingerprint density at radius 3 is 2.74 bits per heavy atom. The minimum absolute atomic E-state index is 0.0133. The number of benzene rings is 1. The Labute approximate surface area is 118 Å². The van der Waals surface area contributed by atoms with Gasteiger partial charge in [0.25, 0.3) is 0 Å². The van der Waals surface area contributed by atoms with Crippen molar-refractivity contribution in [2.45, 2.75) is 13.3 Å². The van der Waals surface area contributed by atoms with Crippen molar-refractivity contribution < 1.29 is 4.79 Å². The first-order valence-corrected chi connectivity index (χ1v) is 6.93. The second-order valence-electron chi connectivity index (χ2n) is 3.62. The average Bonchev–Trinajstić information content (AvgIpc) is 2.46. The van der Waals surface area contributed by atoms with Crippen LogP contribution in [0.2, 0.25) is 0 Å². The molecule has 0 unspecified atom stereocenters. The number of allylic oxidation sites excluding steroid dienone is 2. The maximum Gasteiger partial charge on any atom is 0.186 e. The lowest BCUT2D eigenvalue weighted by Crippen LogP contribution is -1.92. The molecule has 0 spiro atoms. The van der Waals surface area contributed by atoms with E-state index in [2.05, 4.69) is 11.6 Å². The zero-order valence-electron chi connectivity index (χ0n) is 11.0. The van der Waals surface area contributed by atoms with Crippen LogP contribution in [-0.4, -0.2) is 10.8 Å². The van der Waals surface area contributed by atoms with E-state index in [0.717, 1.165) is 11.5 Å². The van der Waals surface area contributed by atoms with E-state index < -0.39 is 0 Å². The van der Waals surface area contributed by atoms with E-state index in [1.54, 1.807) is 35.9 Å². The Kier molecular flexibility index (Phi) is 7.28. The van der Waals surface area contributed by atoms with Gasteiger partial charge in [0.2, 0.25) is 0 Å². The van der Waals surface area contributed by atoms with E-state index in [1.165, 1.54) is 11.8 Å². The number of ketones is 1. The van der Waals surface area contributed by atoms with Crippen molar-refractivity contribution in [1.82, 2.24) is 0 Å². The second-order valence-corrected chi connectivity index (χ2v) is 4.54. The molecule has 0 aliphatic rings. The highest BCUT2D eigenvalue weighted by molar-refractivity contribution is 8.16. The van der Waals surface area contributed by atoms with Crippen LogP contribution < -0.4 is 0 Å². The van der Waals surface area contributed by atoms with Gasteiger partial charge in [0.1, 0.15) is 0 Å². The lowest BCUT2D eigenvalue weighted by molar-refractivity contribution is 0.104. The van der Waals surface area contributed by atoms with E-state index in [9.17, 15) is 4.79 Å². The fourth-order valence-corrected chi connectivity index (χ4v) is 1.78. The zero-order valence-corrected chi connectivity index (χ0v) is 11.8. The third-order valence-electron chi connectivity index (χ3n) is 2.18. The molecular formula is C16H17NOS. The van der Waals surface area contributed by atoms with E-state index in [4.69, 9.17) is 0 Å². The number of aliphatic imine (C=N–C) groups is 1. The molecule has 0 atom stereocenters. The molecule has 0 fully saturated rings. The highest BCUT2D eigenvalue weighted by Gasteiger charge is 1.99. The number of carbonyl (C=O) groups is 1. The summed E-state index contributed by atoms with van der Waals surface area (Å²) in [5.41, 5.74) is 0.683. The van der Waals surface area contributed by atoms with Gasteiger partial charge in [-0.3, -0.25) is 4.79 Å². The first-order valence-electron chi connectivity index (χ1n) is 6.05. The summed E-state index contributed by atoms with van der Waals surface area (Å²) >= 11 is 1.37. The lowest BCUT2D eigenvalue weighted by atomic mass is 10.1. The molecule has 3 heteroatoms. The highest BCUT2D eigenvalue weighted by atomic mass is 32.2. The van der Waals surface area contributed by atoms with Crippen LogP contribution >= 0.6 is 11.8 Å². The average molecular weight is 271 g/mol. The number of rotatable bonds is 6. The normalized spacial score (nSPS) is 12.2. The highest BCUT2D eigenvalue weighted by Crippen LogP contribution is 2.09. The first kappa shape index (κ1) is 15.2. The van der Waals surface area contributed by atoms with Crippen molar-refractivity contribution in [2.24, 2.45) is 4.99 Å². The van der Waals surface area contributed by atoms with Gasteiger partial charge >= 0.3 is 0 Å². The van der Waals surface area contributed by atoms with E-state index in [0.29, 0.717) is 5.56 Å². The van der Waals surface area contributed by atoms with E-state index in [-0.39, 0.29) is 5.78 Å². The van der Waals surface area contributed by atoms with Gasteiger partial charge in [0.15, 0.2) is 5.78 Å². The Hall–Kier alpha value is -1.87. The largest absolute Gasteiger partial charge is 0.289 e. The van der Waals surface area contributed by atoms with Gasteiger partial charge in [0, 0.05) is 11.8 Å². The number of hydrogen-bond donors (Lipinski definition) is 0. The molecule has 0 aliphatic carbocycles. The van der Waals surface area contributed by atoms with Crippen LogP contribution in [0.4, 0.5) is 0 Å². The van der Waals surface area contributed by atoms with Crippen LogP contribution in [0.25, 0.3) is 0 Å². The molecule has 19 heavy (non-hydrogen) atoms. The molecule has 0 heterocycles. The predicted molar refractivity (Wildman–Crippen MR) is 84.6 cm³/mol. The quantitative estimate of drug-likeness (QED) is 0.327. The van der Waals surface area contributed by atoms with Gasteiger partial charge in [-0.05, 0) is 24.0 Å². The smallest absolute Gasteiger partial charge is 0.186 e. The maximum absolute atomic E-state index is 11.8. The second kappa shape index (κ2) is 9.11. The molecule has 0 aromatic heterocycles. The van der Waals surface area contributed by atoms with Crippen LogP contribution in [0.15, 0.2) is 71.7 Å². The fraction of sp³-hybridized carbons (Fsp3) is 0.125. The molecule has 1 aromatic rings. The van der Waals surface area contributed by atoms with Crippen LogP contribution in [0.3, 0.4) is 0 Å². The number of thioether (sulfide) groups is 1. The minimum atomic E-state index is -0.0133. The molecule has 0 radical (unpaired) electrons. The van der Waals surface area contributed by atoms with E-state index >= 15 is 0 Å². The molecule has 98 valence electrons. The first-order chi connectivity index (χ1) is 9.27. The van der Waals surface area contributed by atoms with Crippen molar-refractivity contribution in [3.63, 3.8) is 0 Å². The van der Waals surface area contributed by atoms with Crippen molar-refractivity contribution in [1.29, 1.82) is 0 Å². The summed E-state index contributed by atoms with van der Waals surface area (Å²) in [7, 11) is 0. The number of nitrogens with zero attached hydrogens (tertiary/aromatic N) is 1. The molecule has 2 nitrogen and oxygen atoms in total. The summed E-state index contributed by atoms with van der Waals surface area (Å²) in [5.74, 6) is -0.0133. The number of carbonyl (C=O) groups excluding carboxylic acids is 1. The fourth-order valence-electron chi connectivity index (χ4n) is 1.23. The van der Waals surface area contributed by atoms with Crippen molar-refractivity contribution in [2.75, 3.05) is 0 Å². The molecule has 1 rings (SSSR count). The van der Waals surface area contributed by atoms with Gasteiger partial charge in [-0.25, -0.2) is 4.99 Å². The Morgan fingerprint density at radius 2 is 2.11 bits per heavy atom. The summed E-state index contributed by atoms with van der Waals surface area (Å²) in [6.07, 6.45) is 7.87. The Bertz CT molecular complexity index is 501. The van der Waals surface area contributed by atoms with Crippen LogP contribution in [0.1, 0.15) is 23.7 Å². The third kappa shape index (κ3) is 6.02. The molecular weight excluding hydrogens is 254 g/mol. The van der Waals surface area contributed by atoms with Crippen molar-refractivity contribution in [3.8, 4) is 0 Å². The summed E-state index contributed by atoms with van der Waals surface area (Å²) < 4.78 is 0. The van der Waals surface area contributed by atoms with Gasteiger partial charge in [0.05, 0.1) is 5.04 Å². The van der Waals surface area contributed by atoms with Gasteiger partial charge in [-0.1, -0.05) is 61.7 Å². The summed E-state index contributed by atoms with van der Waals surface area (Å²) in [4.78, 5) is 16.0. The van der Waals surface area contributed by atoms with Crippen LogP contribution in [0.5, 0.6) is 0 Å².